The maximum atomic E-state index is 10.3. The van der Waals surface area contributed by atoms with Crippen molar-refractivity contribution >= 4 is 23.9 Å². The SMILES string of the molecule is CCCCCCCCC=CCCCCCCCC(=O)O.CCCCCCCCC=CCCCCCCCC(=O)O.CCCCCCCCC=CCCCCCCCC(=O)O.CCCCCCCCC=CCCCCCCCC(=O)O.OCC(CO)(CO)CO. The Morgan fingerprint density at radius 3 is 0.449 bits per heavy atom. The summed E-state index contributed by atoms with van der Waals surface area (Å²) in [6, 6.07) is 0. The van der Waals surface area contributed by atoms with Crippen LogP contribution < -0.4 is 0 Å². The normalized spacial score (nSPS) is 11.3. The zero-order valence-corrected chi connectivity index (χ0v) is 58.8. The van der Waals surface area contributed by atoms with Gasteiger partial charge in [0, 0.05) is 25.7 Å². The van der Waals surface area contributed by atoms with E-state index in [2.05, 4.69) is 76.3 Å². The second-order valence-electron chi connectivity index (χ2n) is 25.0. The largest absolute Gasteiger partial charge is 0.481 e. The molecule has 0 rings (SSSR count). The minimum Gasteiger partial charge on any atom is -0.481 e. The number of hydrogen-bond donors (Lipinski definition) is 8. The molecule has 0 amide bonds. The fourth-order valence-electron chi connectivity index (χ4n) is 9.69. The molecule has 0 unspecified atom stereocenters. The predicted molar refractivity (Wildman–Crippen MR) is 379 cm³/mol. The van der Waals surface area contributed by atoms with Gasteiger partial charge < -0.3 is 40.9 Å². The van der Waals surface area contributed by atoms with Crippen LogP contribution in [0.15, 0.2) is 48.6 Å². The Morgan fingerprint density at radius 2 is 0.337 bits per heavy atom. The molecule has 89 heavy (non-hydrogen) atoms. The van der Waals surface area contributed by atoms with Crippen LogP contribution in [0.4, 0.5) is 0 Å². The minimum atomic E-state index is -1.11. The van der Waals surface area contributed by atoms with Gasteiger partial charge in [-0.1, -0.05) is 282 Å². The maximum Gasteiger partial charge on any atom is 0.303 e. The summed E-state index contributed by atoms with van der Waals surface area (Å²) in [6.07, 6.45) is 85.0. The predicted octanol–water partition coefficient (Wildman–Crippen LogP) is 22.4. The Labute approximate surface area is 549 Å². The molecule has 0 radical (unpaired) electrons. The standard InChI is InChI=1S/4C18H34O2.C5H12O4/c4*1-2-3-4-5-6-7-8-9-10-11-12-13-14-15-16-17-18(19)20;6-1-5(2-7,3-8)4-9/h4*9-10H,2-8,11-17H2,1H3,(H,19,20);6-9H,1-4H2. The van der Waals surface area contributed by atoms with Crippen molar-refractivity contribution in [2.45, 2.75) is 387 Å². The Balaban J connectivity index is -0.000000336. The summed E-state index contributed by atoms with van der Waals surface area (Å²) in [5, 5.41) is 68.0. The first kappa shape index (κ1) is 94.4. The van der Waals surface area contributed by atoms with Crippen LogP contribution in [0.3, 0.4) is 0 Å². The lowest BCUT2D eigenvalue weighted by Crippen LogP contribution is -2.37. The zero-order valence-electron chi connectivity index (χ0n) is 58.8. The molecule has 0 saturated heterocycles. The highest BCUT2D eigenvalue weighted by molar-refractivity contribution is 5.67. The number of carbonyl (C=O) groups is 4. The average molecular weight is 1270 g/mol. The van der Waals surface area contributed by atoms with Crippen molar-refractivity contribution in [2.75, 3.05) is 26.4 Å². The van der Waals surface area contributed by atoms with Crippen molar-refractivity contribution in [3.63, 3.8) is 0 Å². The fraction of sp³-hybridized carbons (Fsp3) is 0.844. The molecule has 0 aromatic rings. The molecule has 0 atom stereocenters. The molecular weight excluding hydrogens is 1120 g/mol. The number of rotatable bonds is 64. The highest BCUT2D eigenvalue weighted by Crippen LogP contribution is 2.16. The zero-order chi connectivity index (χ0) is 66.9. The van der Waals surface area contributed by atoms with Crippen LogP contribution in [-0.2, 0) is 19.2 Å². The van der Waals surface area contributed by atoms with E-state index in [-0.39, 0.29) is 0 Å². The molecule has 0 fully saturated rings. The second-order valence-corrected chi connectivity index (χ2v) is 25.0. The highest BCUT2D eigenvalue weighted by atomic mass is 16.4. The first-order valence-electron chi connectivity index (χ1n) is 37.2. The number of hydrogen-bond acceptors (Lipinski definition) is 8. The van der Waals surface area contributed by atoms with Gasteiger partial charge in [0.15, 0.2) is 0 Å². The molecule has 0 saturated carbocycles. The molecule has 0 aliphatic rings. The van der Waals surface area contributed by atoms with Crippen LogP contribution in [0.2, 0.25) is 0 Å². The van der Waals surface area contributed by atoms with E-state index in [1.165, 1.54) is 283 Å². The molecule has 0 spiro atoms. The lowest BCUT2D eigenvalue weighted by molar-refractivity contribution is -0.138. The quantitative estimate of drug-likeness (QED) is 0.0210. The highest BCUT2D eigenvalue weighted by Gasteiger charge is 2.26. The van der Waals surface area contributed by atoms with Crippen molar-refractivity contribution in [3.8, 4) is 0 Å². The minimum absolute atomic E-state index is 0.332. The van der Waals surface area contributed by atoms with E-state index in [9.17, 15) is 19.2 Å². The summed E-state index contributed by atoms with van der Waals surface area (Å²) >= 11 is 0. The van der Waals surface area contributed by atoms with Crippen LogP contribution in [0, 0.1) is 5.41 Å². The molecule has 12 nitrogen and oxygen atoms in total. The van der Waals surface area contributed by atoms with Crippen LogP contribution >= 0.6 is 0 Å². The number of allylic oxidation sites excluding steroid dienone is 8. The number of aliphatic hydroxyl groups excluding tert-OH is 4. The van der Waals surface area contributed by atoms with E-state index in [0.29, 0.717) is 25.7 Å². The monoisotopic (exact) mass is 1270 g/mol. The summed E-state index contributed by atoms with van der Waals surface area (Å²) in [5.41, 5.74) is -1.11. The maximum absolute atomic E-state index is 10.3. The molecular formula is C77H148O12. The number of aliphatic carboxylic acids is 4. The summed E-state index contributed by atoms with van der Waals surface area (Å²) in [6.45, 7) is 7.41. The van der Waals surface area contributed by atoms with Gasteiger partial charge in [0.2, 0.25) is 0 Å². The van der Waals surface area contributed by atoms with Crippen LogP contribution in [0.1, 0.15) is 387 Å². The number of carboxylic acids is 4. The third-order valence-corrected chi connectivity index (χ3v) is 16.0. The van der Waals surface area contributed by atoms with E-state index in [0.717, 1.165) is 51.4 Å². The van der Waals surface area contributed by atoms with Crippen molar-refractivity contribution in [1.29, 1.82) is 0 Å². The lowest BCUT2D eigenvalue weighted by Gasteiger charge is -2.23. The van der Waals surface area contributed by atoms with Gasteiger partial charge in [-0.3, -0.25) is 19.2 Å². The van der Waals surface area contributed by atoms with E-state index >= 15 is 0 Å². The fourth-order valence-corrected chi connectivity index (χ4v) is 9.69. The number of carboxylic acid groups (broad SMARTS) is 4. The summed E-state index contributed by atoms with van der Waals surface area (Å²) in [5.74, 6) is -2.66. The summed E-state index contributed by atoms with van der Waals surface area (Å²) < 4.78 is 0. The molecule has 0 aliphatic heterocycles. The van der Waals surface area contributed by atoms with Gasteiger partial charge in [0.1, 0.15) is 0 Å². The lowest BCUT2D eigenvalue weighted by atomic mass is 9.93. The van der Waals surface area contributed by atoms with Gasteiger partial charge in [-0.25, -0.2) is 0 Å². The topological polar surface area (TPSA) is 230 Å². The Hall–Kier alpha value is -3.32. The molecule has 0 aliphatic carbocycles. The van der Waals surface area contributed by atoms with E-state index in [1.807, 2.05) is 0 Å². The van der Waals surface area contributed by atoms with Gasteiger partial charge in [-0.2, -0.15) is 0 Å². The van der Waals surface area contributed by atoms with Gasteiger partial charge in [-0.05, 0) is 128 Å². The second kappa shape index (κ2) is 86.7. The first-order chi connectivity index (χ1) is 43.3. The van der Waals surface area contributed by atoms with Crippen LogP contribution in [0.25, 0.3) is 0 Å². The van der Waals surface area contributed by atoms with Gasteiger partial charge >= 0.3 is 23.9 Å². The van der Waals surface area contributed by atoms with E-state index < -0.39 is 55.7 Å². The molecule has 0 bridgehead atoms. The summed E-state index contributed by atoms with van der Waals surface area (Å²) in [4.78, 5) is 41.3. The third-order valence-electron chi connectivity index (χ3n) is 16.0. The third kappa shape index (κ3) is 98.5. The Morgan fingerprint density at radius 1 is 0.213 bits per heavy atom. The van der Waals surface area contributed by atoms with Gasteiger partial charge in [0.25, 0.3) is 0 Å². The first-order valence-corrected chi connectivity index (χ1v) is 37.2. The van der Waals surface area contributed by atoms with Gasteiger partial charge in [0.05, 0.1) is 31.8 Å². The van der Waals surface area contributed by atoms with Crippen molar-refractivity contribution < 1.29 is 60.0 Å². The summed E-state index contributed by atoms with van der Waals surface area (Å²) in [7, 11) is 0. The van der Waals surface area contributed by atoms with Crippen molar-refractivity contribution in [3.05, 3.63) is 48.6 Å². The van der Waals surface area contributed by atoms with Gasteiger partial charge in [-0.15, -0.1) is 0 Å². The van der Waals surface area contributed by atoms with Crippen LogP contribution in [-0.4, -0.2) is 91.2 Å². The smallest absolute Gasteiger partial charge is 0.303 e. The van der Waals surface area contributed by atoms with Crippen LogP contribution in [0.5, 0.6) is 0 Å². The molecule has 12 heteroatoms. The van der Waals surface area contributed by atoms with Crippen molar-refractivity contribution in [2.24, 2.45) is 5.41 Å². The Bertz CT molecular complexity index is 1290. The van der Waals surface area contributed by atoms with E-state index in [1.54, 1.807) is 0 Å². The number of unbranched alkanes of at least 4 members (excludes halogenated alkanes) is 44. The molecule has 0 aromatic heterocycles. The Kier molecular flexibility index (Phi) is 92.0. The van der Waals surface area contributed by atoms with E-state index in [4.69, 9.17) is 40.9 Å². The average Bonchev–Trinajstić information content (AvgIpc) is 3.74. The molecule has 0 aromatic carbocycles. The molecule has 528 valence electrons. The molecule has 0 heterocycles. The van der Waals surface area contributed by atoms with Crippen molar-refractivity contribution in [1.82, 2.24) is 0 Å². The number of aliphatic hydroxyl groups is 4. The molecule has 8 N–H and O–H groups in total.